The number of ketones is 1. The highest BCUT2D eigenvalue weighted by atomic mass is 79.9. The van der Waals surface area contributed by atoms with Crippen molar-refractivity contribution in [1.82, 2.24) is 0 Å². The van der Waals surface area contributed by atoms with Crippen LogP contribution in [-0.4, -0.2) is 12.9 Å². The van der Waals surface area contributed by atoms with E-state index in [1.54, 1.807) is 7.11 Å². The van der Waals surface area contributed by atoms with Gasteiger partial charge < -0.3 is 4.74 Å². The zero-order chi connectivity index (χ0) is 15.4. The lowest BCUT2D eigenvalue weighted by Gasteiger charge is -2.08. The number of carbonyl (C=O) groups excluding carboxylic acids is 1. The number of benzene rings is 2. The lowest BCUT2D eigenvalue weighted by atomic mass is 9.98. The van der Waals surface area contributed by atoms with Gasteiger partial charge in [-0.25, -0.2) is 0 Å². The monoisotopic (exact) mass is 346 g/mol. The van der Waals surface area contributed by atoms with Crippen LogP contribution in [0.1, 0.15) is 41.3 Å². The lowest BCUT2D eigenvalue weighted by molar-refractivity contribution is 0.0993. The van der Waals surface area contributed by atoms with Crippen molar-refractivity contribution in [1.29, 1.82) is 0 Å². The third kappa shape index (κ3) is 3.94. The minimum absolute atomic E-state index is 0.127. The summed E-state index contributed by atoms with van der Waals surface area (Å²) in [6.07, 6.45) is 0.392. The molecule has 110 valence electrons. The van der Waals surface area contributed by atoms with Crippen LogP contribution in [0.2, 0.25) is 0 Å². The summed E-state index contributed by atoms with van der Waals surface area (Å²) in [6, 6.07) is 13.6. The molecule has 0 saturated heterocycles. The van der Waals surface area contributed by atoms with Gasteiger partial charge in [0.1, 0.15) is 5.75 Å². The first-order valence-corrected chi connectivity index (χ1v) is 7.76. The van der Waals surface area contributed by atoms with Crippen molar-refractivity contribution in [3.05, 3.63) is 63.6 Å². The molecule has 2 nitrogen and oxygen atoms in total. The second-order valence-corrected chi connectivity index (χ2v) is 6.20. The molecule has 2 rings (SSSR count). The highest BCUT2D eigenvalue weighted by Crippen LogP contribution is 2.26. The number of hydrogen-bond donors (Lipinski definition) is 0. The van der Waals surface area contributed by atoms with Crippen LogP contribution in [0.15, 0.2) is 46.9 Å². The van der Waals surface area contributed by atoms with Gasteiger partial charge in [-0.2, -0.15) is 0 Å². The van der Waals surface area contributed by atoms with Gasteiger partial charge in [0.25, 0.3) is 0 Å². The van der Waals surface area contributed by atoms with E-state index < -0.39 is 0 Å². The Hall–Kier alpha value is -1.61. The Labute approximate surface area is 134 Å². The Morgan fingerprint density at radius 2 is 1.81 bits per heavy atom. The molecule has 0 N–H and O–H groups in total. The molecule has 0 spiro atoms. The third-order valence-electron chi connectivity index (χ3n) is 3.48. The number of rotatable bonds is 5. The van der Waals surface area contributed by atoms with Gasteiger partial charge in [0.2, 0.25) is 0 Å². The molecule has 0 aliphatic carbocycles. The molecule has 0 unspecified atom stereocenters. The molecule has 0 aliphatic rings. The topological polar surface area (TPSA) is 26.3 Å². The summed E-state index contributed by atoms with van der Waals surface area (Å²) in [6.45, 7) is 4.29. The Morgan fingerprint density at radius 3 is 2.33 bits per heavy atom. The molecular weight excluding hydrogens is 328 g/mol. The molecule has 0 amide bonds. The summed E-state index contributed by atoms with van der Waals surface area (Å²) in [7, 11) is 1.63. The quantitative estimate of drug-likeness (QED) is 0.711. The molecule has 0 aromatic heterocycles. The Morgan fingerprint density at radius 1 is 1.14 bits per heavy atom. The fraction of sp³-hybridized carbons (Fsp3) is 0.278. The lowest BCUT2D eigenvalue weighted by Crippen LogP contribution is -2.04. The molecule has 3 heteroatoms. The van der Waals surface area contributed by atoms with Gasteiger partial charge in [-0.1, -0.05) is 44.2 Å². The van der Waals surface area contributed by atoms with Crippen LogP contribution < -0.4 is 4.74 Å². The molecule has 0 radical (unpaired) electrons. The Bertz CT molecular complexity index is 630. The maximum atomic E-state index is 12.3. The predicted molar refractivity (Wildman–Crippen MR) is 89.3 cm³/mol. The largest absolute Gasteiger partial charge is 0.496 e. The number of Topliss-reactive ketones (excluding diaryl/α,β-unsaturated/α-hetero) is 1. The van der Waals surface area contributed by atoms with Crippen LogP contribution in [0.25, 0.3) is 0 Å². The van der Waals surface area contributed by atoms with Gasteiger partial charge in [0.15, 0.2) is 5.78 Å². The van der Waals surface area contributed by atoms with Crippen LogP contribution >= 0.6 is 15.9 Å². The van der Waals surface area contributed by atoms with E-state index >= 15 is 0 Å². The molecule has 0 heterocycles. The second-order valence-electron chi connectivity index (χ2n) is 5.35. The molecule has 0 atom stereocenters. The highest BCUT2D eigenvalue weighted by molar-refractivity contribution is 9.10. The van der Waals surface area contributed by atoms with Crippen molar-refractivity contribution < 1.29 is 9.53 Å². The molecule has 21 heavy (non-hydrogen) atoms. The summed E-state index contributed by atoms with van der Waals surface area (Å²) >= 11 is 3.44. The average molecular weight is 347 g/mol. The average Bonchev–Trinajstić information content (AvgIpc) is 2.47. The standard InChI is InChI=1S/C18H19BrO2/c1-12(2)14-5-7-15(8-6-14)17(20)11-13-4-9-18(21-3)16(19)10-13/h4-10,12H,11H2,1-3H3. The van der Waals surface area contributed by atoms with E-state index in [1.807, 2.05) is 42.5 Å². The van der Waals surface area contributed by atoms with Crippen molar-refractivity contribution in [2.24, 2.45) is 0 Å². The number of carbonyl (C=O) groups is 1. The van der Waals surface area contributed by atoms with E-state index in [1.165, 1.54) is 5.56 Å². The van der Waals surface area contributed by atoms with E-state index in [0.29, 0.717) is 12.3 Å². The minimum Gasteiger partial charge on any atom is -0.496 e. The zero-order valence-corrected chi connectivity index (χ0v) is 14.1. The summed E-state index contributed by atoms with van der Waals surface area (Å²) in [5, 5.41) is 0. The fourth-order valence-electron chi connectivity index (χ4n) is 2.16. The number of ether oxygens (including phenoxy) is 1. The van der Waals surface area contributed by atoms with Crippen LogP contribution in [0.3, 0.4) is 0 Å². The van der Waals surface area contributed by atoms with Crippen molar-refractivity contribution >= 4 is 21.7 Å². The van der Waals surface area contributed by atoms with E-state index in [0.717, 1.165) is 21.3 Å². The first-order chi connectivity index (χ1) is 10.0. The van der Waals surface area contributed by atoms with Crippen molar-refractivity contribution in [3.63, 3.8) is 0 Å². The summed E-state index contributed by atoms with van der Waals surface area (Å²) in [5.41, 5.74) is 2.98. The molecule has 0 bridgehead atoms. The van der Waals surface area contributed by atoms with Gasteiger partial charge in [0.05, 0.1) is 11.6 Å². The van der Waals surface area contributed by atoms with Crippen molar-refractivity contribution in [2.45, 2.75) is 26.2 Å². The number of hydrogen-bond acceptors (Lipinski definition) is 2. The van der Waals surface area contributed by atoms with Gasteiger partial charge >= 0.3 is 0 Å². The van der Waals surface area contributed by atoms with E-state index in [2.05, 4.69) is 29.8 Å². The third-order valence-corrected chi connectivity index (χ3v) is 4.10. The highest BCUT2D eigenvalue weighted by Gasteiger charge is 2.09. The van der Waals surface area contributed by atoms with Crippen molar-refractivity contribution in [3.8, 4) is 5.75 Å². The van der Waals surface area contributed by atoms with Crippen molar-refractivity contribution in [2.75, 3.05) is 7.11 Å². The van der Waals surface area contributed by atoms with Gasteiger partial charge in [0, 0.05) is 12.0 Å². The van der Waals surface area contributed by atoms with E-state index in [9.17, 15) is 4.79 Å². The number of methoxy groups -OCH3 is 1. The summed E-state index contributed by atoms with van der Waals surface area (Å²) < 4.78 is 6.06. The first kappa shape index (κ1) is 15.8. The van der Waals surface area contributed by atoms with E-state index in [4.69, 9.17) is 4.74 Å². The predicted octanol–water partition coefficient (Wildman–Crippen LogP) is 5.01. The molecule has 0 aliphatic heterocycles. The molecular formula is C18H19BrO2. The second kappa shape index (κ2) is 6.90. The minimum atomic E-state index is 0.127. The van der Waals surface area contributed by atoms with Gasteiger partial charge in [-0.15, -0.1) is 0 Å². The maximum Gasteiger partial charge on any atom is 0.167 e. The SMILES string of the molecule is COc1ccc(CC(=O)c2ccc(C(C)C)cc2)cc1Br. The van der Waals surface area contributed by atoms with E-state index in [-0.39, 0.29) is 5.78 Å². The maximum absolute atomic E-state index is 12.3. The summed E-state index contributed by atoms with van der Waals surface area (Å²) in [4.78, 5) is 12.3. The Kier molecular flexibility index (Phi) is 5.18. The normalized spacial score (nSPS) is 10.7. The van der Waals surface area contributed by atoms with Crippen LogP contribution in [0, 0.1) is 0 Å². The van der Waals surface area contributed by atoms with Gasteiger partial charge in [-0.3, -0.25) is 4.79 Å². The van der Waals surface area contributed by atoms with Crippen LogP contribution in [0.5, 0.6) is 5.75 Å². The zero-order valence-electron chi connectivity index (χ0n) is 12.5. The van der Waals surface area contributed by atoms with Crippen LogP contribution in [-0.2, 0) is 6.42 Å². The van der Waals surface area contributed by atoms with Gasteiger partial charge in [-0.05, 0) is 45.1 Å². The molecule has 2 aromatic rings. The first-order valence-electron chi connectivity index (χ1n) is 6.97. The summed E-state index contributed by atoms with van der Waals surface area (Å²) in [5.74, 6) is 1.38. The smallest absolute Gasteiger partial charge is 0.167 e. The fourth-order valence-corrected chi connectivity index (χ4v) is 2.75. The number of halogens is 1. The molecule has 0 fully saturated rings. The Balaban J connectivity index is 2.12. The molecule has 2 aromatic carbocycles. The van der Waals surface area contributed by atoms with Crippen LogP contribution in [0.4, 0.5) is 0 Å². The molecule has 0 saturated carbocycles.